The zero-order chi connectivity index (χ0) is 20.1. The van der Waals surface area contributed by atoms with Crippen molar-refractivity contribution in [3.63, 3.8) is 0 Å². The van der Waals surface area contributed by atoms with Crippen LogP contribution in [0.4, 0.5) is 11.4 Å². The summed E-state index contributed by atoms with van der Waals surface area (Å²) in [7, 11) is -0.917. The van der Waals surface area contributed by atoms with Gasteiger partial charge in [-0.3, -0.25) is 9.52 Å². The summed E-state index contributed by atoms with van der Waals surface area (Å²) in [6.45, 7) is 0. The molecule has 0 aliphatic carbocycles. The Hall–Kier alpha value is -3.04. The lowest BCUT2D eigenvalue weighted by molar-refractivity contribution is 0.103. The molecule has 3 rings (SSSR count). The fraction of sp³-hybridized carbons (Fsp3) is 0.105. The lowest BCUT2D eigenvalue weighted by atomic mass is 10.3. The van der Waals surface area contributed by atoms with E-state index in [1.54, 1.807) is 24.3 Å². The molecule has 3 aromatic rings. The minimum atomic E-state index is -3.86. The summed E-state index contributed by atoms with van der Waals surface area (Å²) in [4.78, 5) is 12.7. The third-order valence-electron chi connectivity index (χ3n) is 3.82. The van der Waals surface area contributed by atoms with Crippen LogP contribution in [0.25, 0.3) is 0 Å². The van der Waals surface area contributed by atoms with E-state index in [-0.39, 0.29) is 16.5 Å². The van der Waals surface area contributed by atoms with Crippen molar-refractivity contribution < 1.29 is 22.7 Å². The molecule has 0 radical (unpaired) electrons. The van der Waals surface area contributed by atoms with Gasteiger partial charge >= 0.3 is 0 Å². The Kier molecular flexibility index (Phi) is 5.86. The van der Waals surface area contributed by atoms with Crippen molar-refractivity contribution in [3.8, 4) is 11.5 Å². The fourth-order valence-corrected chi connectivity index (χ4v) is 4.10. The molecule has 0 saturated heterocycles. The predicted octanol–water partition coefficient (Wildman–Crippen LogP) is 3.82. The first kappa shape index (κ1) is 19.7. The number of ether oxygens (including phenoxy) is 2. The van der Waals surface area contributed by atoms with E-state index in [0.29, 0.717) is 22.1 Å². The van der Waals surface area contributed by atoms with Crippen molar-refractivity contribution >= 4 is 38.6 Å². The van der Waals surface area contributed by atoms with Crippen molar-refractivity contribution in [3.05, 3.63) is 64.9 Å². The number of amides is 1. The van der Waals surface area contributed by atoms with Crippen molar-refractivity contribution in [2.45, 2.75) is 4.90 Å². The van der Waals surface area contributed by atoms with E-state index in [1.165, 1.54) is 55.9 Å². The summed E-state index contributed by atoms with van der Waals surface area (Å²) in [6, 6.07) is 14.2. The van der Waals surface area contributed by atoms with Gasteiger partial charge in [0, 0.05) is 11.8 Å². The first-order valence-electron chi connectivity index (χ1n) is 8.13. The quantitative estimate of drug-likeness (QED) is 0.608. The second kappa shape index (κ2) is 8.32. The van der Waals surface area contributed by atoms with Gasteiger partial charge < -0.3 is 14.8 Å². The van der Waals surface area contributed by atoms with E-state index in [1.807, 2.05) is 5.38 Å². The molecule has 0 unspecified atom stereocenters. The van der Waals surface area contributed by atoms with Gasteiger partial charge in [0.2, 0.25) is 0 Å². The van der Waals surface area contributed by atoms with Crippen LogP contribution in [0.5, 0.6) is 11.5 Å². The topological polar surface area (TPSA) is 93.7 Å². The molecule has 28 heavy (non-hydrogen) atoms. The number of thiophene rings is 1. The average molecular weight is 418 g/mol. The minimum Gasteiger partial charge on any atom is -0.497 e. The fourth-order valence-electron chi connectivity index (χ4n) is 2.42. The molecule has 0 aliphatic rings. The molecule has 0 atom stereocenters. The second-order valence-corrected chi connectivity index (χ2v) is 8.26. The van der Waals surface area contributed by atoms with Gasteiger partial charge in [0.15, 0.2) is 0 Å². The number of carbonyl (C=O) groups is 1. The van der Waals surface area contributed by atoms with Crippen LogP contribution in [0, 0.1) is 0 Å². The van der Waals surface area contributed by atoms with Crippen LogP contribution in [-0.4, -0.2) is 28.5 Å². The first-order valence-corrected chi connectivity index (χ1v) is 10.5. The number of sulfonamides is 1. The molecule has 2 aromatic carbocycles. The van der Waals surface area contributed by atoms with Crippen molar-refractivity contribution in [1.29, 1.82) is 0 Å². The van der Waals surface area contributed by atoms with Crippen LogP contribution in [0.3, 0.4) is 0 Å². The summed E-state index contributed by atoms with van der Waals surface area (Å²) >= 11 is 1.33. The van der Waals surface area contributed by atoms with Crippen LogP contribution < -0.4 is 19.5 Å². The van der Waals surface area contributed by atoms with Gasteiger partial charge in [-0.15, -0.1) is 11.3 Å². The Labute approximate surface area is 167 Å². The molecule has 9 heteroatoms. The Morgan fingerprint density at radius 3 is 2.36 bits per heavy atom. The lowest BCUT2D eigenvalue weighted by Gasteiger charge is -2.13. The Morgan fingerprint density at radius 1 is 1.00 bits per heavy atom. The monoisotopic (exact) mass is 418 g/mol. The molecule has 0 spiro atoms. The third-order valence-corrected chi connectivity index (χ3v) is 6.07. The second-order valence-electron chi connectivity index (χ2n) is 5.63. The molecule has 1 heterocycles. The molecule has 0 bridgehead atoms. The van der Waals surface area contributed by atoms with Gasteiger partial charge in [0.25, 0.3) is 15.9 Å². The van der Waals surface area contributed by atoms with Gasteiger partial charge in [-0.1, -0.05) is 6.07 Å². The molecule has 0 saturated carbocycles. The minimum absolute atomic E-state index is 0.0477. The Balaban J connectivity index is 1.78. The molecule has 146 valence electrons. The predicted molar refractivity (Wildman–Crippen MR) is 109 cm³/mol. The highest BCUT2D eigenvalue weighted by molar-refractivity contribution is 7.92. The zero-order valence-electron chi connectivity index (χ0n) is 15.1. The smallest absolute Gasteiger partial charge is 0.265 e. The van der Waals surface area contributed by atoms with E-state index in [9.17, 15) is 13.2 Å². The highest BCUT2D eigenvalue weighted by Gasteiger charge is 2.17. The number of rotatable bonds is 7. The van der Waals surface area contributed by atoms with E-state index >= 15 is 0 Å². The van der Waals surface area contributed by atoms with E-state index in [2.05, 4.69) is 10.0 Å². The number of hydrogen-bond donors (Lipinski definition) is 2. The average Bonchev–Trinajstić information content (AvgIpc) is 3.23. The molecule has 2 N–H and O–H groups in total. The van der Waals surface area contributed by atoms with Crippen LogP contribution in [-0.2, 0) is 10.0 Å². The normalized spacial score (nSPS) is 10.9. The van der Waals surface area contributed by atoms with Gasteiger partial charge in [-0.05, 0) is 47.8 Å². The molecule has 0 aliphatic heterocycles. The third kappa shape index (κ3) is 4.44. The summed E-state index contributed by atoms with van der Waals surface area (Å²) < 4.78 is 38.2. The number of benzene rings is 2. The van der Waals surface area contributed by atoms with Crippen molar-refractivity contribution in [2.24, 2.45) is 0 Å². The number of nitrogens with one attached hydrogen (secondary N) is 2. The molecule has 1 amide bonds. The van der Waals surface area contributed by atoms with E-state index in [4.69, 9.17) is 9.47 Å². The molecule has 7 nitrogen and oxygen atoms in total. The van der Waals surface area contributed by atoms with Crippen LogP contribution >= 0.6 is 11.3 Å². The maximum atomic E-state index is 12.7. The summed E-state index contributed by atoms with van der Waals surface area (Å²) in [5.41, 5.74) is 0.758. The lowest BCUT2D eigenvalue weighted by Crippen LogP contribution is -2.14. The maximum absolute atomic E-state index is 12.7. The maximum Gasteiger partial charge on any atom is 0.265 e. The van der Waals surface area contributed by atoms with Crippen LogP contribution in [0.15, 0.2) is 64.9 Å². The van der Waals surface area contributed by atoms with Gasteiger partial charge in [-0.2, -0.15) is 0 Å². The number of carbonyl (C=O) groups excluding carboxylic acids is 1. The SMILES string of the molecule is COc1ccc(OC)c(NS(=O)(=O)c2ccc(NC(=O)c3cccs3)cc2)c1. The summed E-state index contributed by atoms with van der Waals surface area (Å²) in [5.74, 6) is 0.610. The van der Waals surface area contributed by atoms with Gasteiger partial charge in [-0.25, -0.2) is 8.42 Å². The van der Waals surface area contributed by atoms with Crippen molar-refractivity contribution in [1.82, 2.24) is 0 Å². The highest BCUT2D eigenvalue weighted by Crippen LogP contribution is 2.31. The van der Waals surface area contributed by atoms with E-state index < -0.39 is 10.0 Å². The Bertz CT molecular complexity index is 1060. The summed E-state index contributed by atoms with van der Waals surface area (Å²) in [6.07, 6.45) is 0. The highest BCUT2D eigenvalue weighted by atomic mass is 32.2. The van der Waals surface area contributed by atoms with Gasteiger partial charge in [0.1, 0.15) is 11.5 Å². The van der Waals surface area contributed by atoms with Crippen molar-refractivity contribution in [2.75, 3.05) is 24.3 Å². The van der Waals surface area contributed by atoms with Crippen LogP contribution in [0.1, 0.15) is 9.67 Å². The number of anilines is 2. The van der Waals surface area contributed by atoms with Crippen LogP contribution in [0.2, 0.25) is 0 Å². The first-order chi connectivity index (χ1) is 13.4. The van der Waals surface area contributed by atoms with Gasteiger partial charge in [0.05, 0.1) is 29.7 Å². The number of methoxy groups -OCH3 is 2. The zero-order valence-corrected chi connectivity index (χ0v) is 16.8. The molecule has 0 fully saturated rings. The summed E-state index contributed by atoms with van der Waals surface area (Å²) in [5, 5.41) is 4.53. The Morgan fingerprint density at radius 2 is 1.75 bits per heavy atom. The number of hydrogen-bond acceptors (Lipinski definition) is 6. The standard InChI is InChI=1S/C19H18N2O5S2/c1-25-14-7-10-17(26-2)16(12-14)21-28(23,24)15-8-5-13(6-9-15)20-19(22)18-4-3-11-27-18/h3-12,21H,1-2H3,(H,20,22). The van der Waals surface area contributed by atoms with E-state index in [0.717, 1.165) is 0 Å². The largest absolute Gasteiger partial charge is 0.497 e. The molecule has 1 aromatic heterocycles. The molecular formula is C19H18N2O5S2. The molecular weight excluding hydrogens is 400 g/mol.